The minimum absolute atomic E-state index is 0.159. The molecule has 134 valence electrons. The van der Waals surface area contributed by atoms with E-state index in [1.807, 2.05) is 73.7 Å². The summed E-state index contributed by atoms with van der Waals surface area (Å²) in [7, 11) is 0. The summed E-state index contributed by atoms with van der Waals surface area (Å²) in [5.41, 5.74) is 1.10. The van der Waals surface area contributed by atoms with Gasteiger partial charge in [0.15, 0.2) is 6.10 Å². The molecule has 4 heteroatoms. The molecule has 3 aromatic rings. The Morgan fingerprint density at radius 3 is 2.65 bits per heavy atom. The Bertz CT molecular complexity index is 886. The first-order valence-electron chi connectivity index (χ1n) is 8.75. The molecule has 1 N–H and O–H groups in total. The number of nitrogens with one attached hydrogen (secondary N) is 1. The molecule has 0 aliphatic heterocycles. The van der Waals surface area contributed by atoms with Crippen LogP contribution in [-0.4, -0.2) is 25.2 Å². The Balaban J connectivity index is 1.47. The number of ether oxygens (including phenoxy) is 2. The normalized spacial score (nSPS) is 11.8. The van der Waals surface area contributed by atoms with E-state index < -0.39 is 6.10 Å². The highest BCUT2D eigenvalue weighted by Gasteiger charge is 2.14. The van der Waals surface area contributed by atoms with Gasteiger partial charge < -0.3 is 14.8 Å². The Hall–Kier alpha value is -3.01. The van der Waals surface area contributed by atoms with Crippen LogP contribution in [0.25, 0.3) is 10.8 Å². The van der Waals surface area contributed by atoms with Gasteiger partial charge in [-0.1, -0.05) is 48.5 Å². The van der Waals surface area contributed by atoms with E-state index in [1.54, 1.807) is 6.92 Å². The van der Waals surface area contributed by atoms with Crippen LogP contribution >= 0.6 is 0 Å². The van der Waals surface area contributed by atoms with E-state index >= 15 is 0 Å². The molecule has 0 unspecified atom stereocenters. The first kappa shape index (κ1) is 17.8. The number of hydrogen-bond donors (Lipinski definition) is 1. The predicted octanol–water partition coefficient (Wildman–Crippen LogP) is 4.11. The second-order valence-electron chi connectivity index (χ2n) is 6.19. The Labute approximate surface area is 153 Å². The molecule has 26 heavy (non-hydrogen) atoms. The van der Waals surface area contributed by atoms with Gasteiger partial charge in [0.2, 0.25) is 0 Å². The minimum Gasteiger partial charge on any atom is -0.491 e. The zero-order valence-electron chi connectivity index (χ0n) is 15.1. The average Bonchev–Trinajstić information content (AvgIpc) is 2.65. The monoisotopic (exact) mass is 349 g/mol. The molecular weight excluding hydrogens is 326 g/mol. The molecule has 1 atom stereocenters. The van der Waals surface area contributed by atoms with Crippen molar-refractivity contribution >= 4 is 16.7 Å². The van der Waals surface area contributed by atoms with Crippen LogP contribution < -0.4 is 14.8 Å². The number of aryl methyl sites for hydroxylation is 1. The molecule has 0 bridgehead atoms. The van der Waals surface area contributed by atoms with Crippen LogP contribution in [-0.2, 0) is 4.79 Å². The van der Waals surface area contributed by atoms with Crippen molar-refractivity contribution in [2.45, 2.75) is 20.0 Å². The van der Waals surface area contributed by atoms with E-state index in [1.165, 1.54) is 0 Å². The van der Waals surface area contributed by atoms with E-state index in [9.17, 15) is 4.79 Å². The molecule has 0 aromatic heterocycles. The van der Waals surface area contributed by atoms with E-state index in [0.717, 1.165) is 22.1 Å². The van der Waals surface area contributed by atoms with Crippen molar-refractivity contribution in [1.82, 2.24) is 5.32 Å². The van der Waals surface area contributed by atoms with Crippen molar-refractivity contribution in [2.24, 2.45) is 0 Å². The summed E-state index contributed by atoms with van der Waals surface area (Å²) in [5, 5.41) is 5.05. The van der Waals surface area contributed by atoms with Gasteiger partial charge in [0, 0.05) is 5.39 Å². The van der Waals surface area contributed by atoms with Crippen LogP contribution in [0.4, 0.5) is 0 Å². The van der Waals surface area contributed by atoms with Crippen molar-refractivity contribution in [1.29, 1.82) is 0 Å². The zero-order chi connectivity index (χ0) is 18.4. The van der Waals surface area contributed by atoms with Crippen LogP contribution in [0.1, 0.15) is 12.5 Å². The van der Waals surface area contributed by atoms with E-state index in [-0.39, 0.29) is 5.91 Å². The van der Waals surface area contributed by atoms with Crippen LogP contribution in [0.5, 0.6) is 11.5 Å². The molecule has 4 nitrogen and oxygen atoms in total. The standard InChI is InChI=1S/C22H23NO3/c1-16-7-5-10-19(15-16)26-17(2)22(24)23-13-14-25-21-12-6-9-18-8-3-4-11-20(18)21/h3-12,15,17H,13-14H2,1-2H3,(H,23,24)/t17-/m1/s1. The fourth-order valence-corrected chi connectivity index (χ4v) is 2.75. The van der Waals surface area contributed by atoms with Crippen LogP contribution in [0.15, 0.2) is 66.7 Å². The fraction of sp³-hybridized carbons (Fsp3) is 0.227. The number of amides is 1. The topological polar surface area (TPSA) is 47.6 Å². The summed E-state index contributed by atoms with van der Waals surface area (Å²) >= 11 is 0. The number of carbonyl (C=O) groups excluding carboxylic acids is 1. The predicted molar refractivity (Wildman–Crippen MR) is 104 cm³/mol. The van der Waals surface area contributed by atoms with Gasteiger partial charge in [-0.05, 0) is 43.0 Å². The summed E-state index contributed by atoms with van der Waals surface area (Å²) in [4.78, 5) is 12.2. The maximum absolute atomic E-state index is 12.2. The Kier molecular flexibility index (Phi) is 5.74. The number of fused-ring (bicyclic) bond motifs is 1. The van der Waals surface area contributed by atoms with Gasteiger partial charge >= 0.3 is 0 Å². The van der Waals surface area contributed by atoms with Gasteiger partial charge in [0.1, 0.15) is 18.1 Å². The van der Waals surface area contributed by atoms with Gasteiger partial charge in [-0.3, -0.25) is 4.79 Å². The minimum atomic E-state index is -0.561. The van der Waals surface area contributed by atoms with Gasteiger partial charge in [-0.25, -0.2) is 0 Å². The summed E-state index contributed by atoms with van der Waals surface area (Å²) in [6, 6.07) is 21.7. The summed E-state index contributed by atoms with van der Waals surface area (Å²) in [6.07, 6.45) is -0.561. The second-order valence-corrected chi connectivity index (χ2v) is 6.19. The molecular formula is C22H23NO3. The third-order valence-corrected chi connectivity index (χ3v) is 4.08. The average molecular weight is 349 g/mol. The highest BCUT2D eigenvalue weighted by Crippen LogP contribution is 2.24. The largest absolute Gasteiger partial charge is 0.491 e. The number of carbonyl (C=O) groups is 1. The lowest BCUT2D eigenvalue weighted by Crippen LogP contribution is -2.38. The molecule has 0 saturated carbocycles. The number of rotatable bonds is 7. The van der Waals surface area contributed by atoms with Crippen molar-refractivity contribution < 1.29 is 14.3 Å². The van der Waals surface area contributed by atoms with Gasteiger partial charge in [-0.15, -0.1) is 0 Å². The molecule has 1 amide bonds. The Morgan fingerprint density at radius 1 is 1.04 bits per heavy atom. The molecule has 0 aliphatic carbocycles. The zero-order valence-corrected chi connectivity index (χ0v) is 15.1. The van der Waals surface area contributed by atoms with Crippen molar-refractivity contribution in [3.63, 3.8) is 0 Å². The third-order valence-electron chi connectivity index (χ3n) is 4.08. The highest BCUT2D eigenvalue weighted by atomic mass is 16.5. The van der Waals surface area contributed by atoms with Gasteiger partial charge in [-0.2, -0.15) is 0 Å². The molecule has 3 rings (SSSR count). The van der Waals surface area contributed by atoms with E-state index in [0.29, 0.717) is 18.9 Å². The second kappa shape index (κ2) is 8.39. The number of benzene rings is 3. The molecule has 0 saturated heterocycles. The Morgan fingerprint density at radius 2 is 1.81 bits per heavy atom. The lowest BCUT2D eigenvalue weighted by Gasteiger charge is -2.15. The summed E-state index contributed by atoms with van der Waals surface area (Å²) in [5.74, 6) is 1.36. The molecule has 0 fully saturated rings. The molecule has 3 aromatic carbocycles. The maximum atomic E-state index is 12.2. The lowest BCUT2D eigenvalue weighted by molar-refractivity contribution is -0.127. The summed E-state index contributed by atoms with van der Waals surface area (Å²) < 4.78 is 11.5. The molecule has 0 heterocycles. The third kappa shape index (κ3) is 4.54. The molecule has 0 spiro atoms. The molecule has 0 radical (unpaired) electrons. The van der Waals surface area contributed by atoms with Crippen LogP contribution in [0.2, 0.25) is 0 Å². The van der Waals surface area contributed by atoms with Crippen LogP contribution in [0, 0.1) is 6.92 Å². The van der Waals surface area contributed by atoms with E-state index in [4.69, 9.17) is 9.47 Å². The lowest BCUT2D eigenvalue weighted by atomic mass is 10.1. The maximum Gasteiger partial charge on any atom is 0.260 e. The van der Waals surface area contributed by atoms with Crippen LogP contribution in [0.3, 0.4) is 0 Å². The summed E-state index contributed by atoms with van der Waals surface area (Å²) in [6.45, 7) is 4.55. The van der Waals surface area contributed by atoms with Gasteiger partial charge in [0.05, 0.1) is 6.54 Å². The number of hydrogen-bond acceptors (Lipinski definition) is 3. The molecule has 0 aliphatic rings. The first-order valence-corrected chi connectivity index (χ1v) is 8.75. The SMILES string of the molecule is Cc1cccc(O[C@H](C)C(=O)NCCOc2cccc3ccccc23)c1. The first-order chi connectivity index (χ1) is 12.6. The smallest absolute Gasteiger partial charge is 0.260 e. The van der Waals surface area contributed by atoms with E-state index in [2.05, 4.69) is 5.32 Å². The fourth-order valence-electron chi connectivity index (χ4n) is 2.75. The quantitative estimate of drug-likeness (QED) is 0.653. The van der Waals surface area contributed by atoms with Crippen molar-refractivity contribution in [2.75, 3.05) is 13.2 Å². The highest BCUT2D eigenvalue weighted by molar-refractivity contribution is 5.88. The van der Waals surface area contributed by atoms with Crippen molar-refractivity contribution in [3.8, 4) is 11.5 Å². The van der Waals surface area contributed by atoms with Gasteiger partial charge in [0.25, 0.3) is 5.91 Å². The van der Waals surface area contributed by atoms with Crippen molar-refractivity contribution in [3.05, 3.63) is 72.3 Å².